The molecule has 0 unspecified atom stereocenters. The van der Waals surface area contributed by atoms with Crippen molar-refractivity contribution in [1.82, 2.24) is 9.29 Å². The molecule has 0 amide bonds. The summed E-state index contributed by atoms with van der Waals surface area (Å²) in [5.41, 5.74) is 0. The molecule has 1 saturated heterocycles. The number of hydrogen-bond acceptors (Lipinski definition) is 5. The number of nitrogens with zero attached hydrogens (tertiary/aromatic N) is 2. The lowest BCUT2D eigenvalue weighted by Gasteiger charge is -2.30. The summed E-state index contributed by atoms with van der Waals surface area (Å²) < 4.78 is 58.4. The van der Waals surface area contributed by atoms with E-state index in [0.717, 1.165) is 16.4 Å². The quantitative estimate of drug-likeness (QED) is 0.517. The van der Waals surface area contributed by atoms with Crippen LogP contribution in [0.25, 0.3) is 0 Å². The summed E-state index contributed by atoms with van der Waals surface area (Å²) in [6.45, 7) is 0.157. The van der Waals surface area contributed by atoms with Crippen LogP contribution in [-0.2, 0) is 14.8 Å². The minimum Gasteiger partial charge on any atom is -0.423 e. The zero-order chi connectivity index (χ0) is 19.6. The first kappa shape index (κ1) is 19.8. The Morgan fingerprint density at radius 3 is 2.52 bits per heavy atom. The predicted molar refractivity (Wildman–Crippen MR) is 95.4 cm³/mol. The van der Waals surface area contributed by atoms with Gasteiger partial charge in [0.1, 0.15) is 4.60 Å². The van der Waals surface area contributed by atoms with Crippen molar-refractivity contribution in [2.24, 2.45) is 5.92 Å². The predicted octanol–water partition coefficient (Wildman–Crippen LogP) is 3.13. The van der Waals surface area contributed by atoms with Crippen molar-refractivity contribution in [1.29, 1.82) is 0 Å². The van der Waals surface area contributed by atoms with Crippen LogP contribution >= 0.6 is 15.9 Å². The molecule has 144 valence electrons. The average molecular weight is 461 g/mol. The highest BCUT2D eigenvalue weighted by atomic mass is 79.9. The third-order valence-corrected chi connectivity index (χ3v) is 6.74. The van der Waals surface area contributed by atoms with E-state index in [-0.39, 0.29) is 30.8 Å². The minimum absolute atomic E-state index is 0.0787. The van der Waals surface area contributed by atoms with Crippen LogP contribution in [0.4, 0.5) is 8.78 Å². The molecular formula is C17H15BrF2N2O4S. The number of hydrogen-bond donors (Lipinski definition) is 0. The Bertz CT molecular complexity index is 963. The maximum absolute atomic E-state index is 13.4. The van der Waals surface area contributed by atoms with Crippen molar-refractivity contribution >= 4 is 31.9 Å². The van der Waals surface area contributed by atoms with Gasteiger partial charge in [0.2, 0.25) is 10.0 Å². The van der Waals surface area contributed by atoms with Gasteiger partial charge < -0.3 is 4.74 Å². The van der Waals surface area contributed by atoms with Crippen molar-refractivity contribution in [3.8, 4) is 5.75 Å². The molecule has 27 heavy (non-hydrogen) atoms. The highest BCUT2D eigenvalue weighted by molar-refractivity contribution is 9.10. The van der Waals surface area contributed by atoms with Gasteiger partial charge >= 0.3 is 5.97 Å². The van der Waals surface area contributed by atoms with Crippen molar-refractivity contribution in [2.75, 3.05) is 13.1 Å². The summed E-state index contributed by atoms with van der Waals surface area (Å²) in [7, 11) is -3.96. The Balaban J connectivity index is 1.65. The molecule has 1 aromatic carbocycles. The third-order valence-electron chi connectivity index (χ3n) is 4.25. The SMILES string of the molecule is O=C(Oc1cccnc1Br)C1CCN(S(=O)(=O)c2ccc(F)c(F)c2)CC1. The fourth-order valence-electron chi connectivity index (χ4n) is 2.76. The second-order valence-corrected chi connectivity index (χ2v) is 8.66. The van der Waals surface area contributed by atoms with E-state index >= 15 is 0 Å². The summed E-state index contributed by atoms with van der Waals surface area (Å²) in [5.74, 6) is -2.98. The Morgan fingerprint density at radius 2 is 1.89 bits per heavy atom. The summed E-state index contributed by atoms with van der Waals surface area (Å²) in [4.78, 5) is 15.9. The molecule has 2 aromatic rings. The molecule has 0 spiro atoms. The monoisotopic (exact) mass is 460 g/mol. The highest BCUT2D eigenvalue weighted by Crippen LogP contribution is 2.27. The molecule has 10 heteroatoms. The van der Waals surface area contributed by atoms with Gasteiger partial charge in [0.25, 0.3) is 0 Å². The number of ether oxygens (including phenoxy) is 1. The molecule has 1 fully saturated rings. The largest absolute Gasteiger partial charge is 0.423 e. The van der Waals surface area contributed by atoms with E-state index in [4.69, 9.17) is 4.74 Å². The van der Waals surface area contributed by atoms with Crippen molar-refractivity contribution in [3.05, 3.63) is 52.8 Å². The van der Waals surface area contributed by atoms with Gasteiger partial charge in [0.05, 0.1) is 10.8 Å². The van der Waals surface area contributed by atoms with Crippen LogP contribution in [0.2, 0.25) is 0 Å². The number of sulfonamides is 1. The summed E-state index contributed by atoms with van der Waals surface area (Å²) in [6, 6.07) is 5.68. The smallest absolute Gasteiger partial charge is 0.314 e. The normalized spacial score (nSPS) is 16.3. The zero-order valence-electron chi connectivity index (χ0n) is 13.9. The Morgan fingerprint density at radius 1 is 1.19 bits per heavy atom. The summed E-state index contributed by atoms with van der Waals surface area (Å²) in [6.07, 6.45) is 2.07. The molecule has 1 aromatic heterocycles. The van der Waals surface area contributed by atoms with Gasteiger partial charge in [0, 0.05) is 19.3 Å². The van der Waals surface area contributed by atoms with Crippen molar-refractivity contribution in [3.63, 3.8) is 0 Å². The number of piperidine rings is 1. The molecule has 0 bridgehead atoms. The fraction of sp³-hybridized carbons (Fsp3) is 0.294. The van der Waals surface area contributed by atoms with Crippen LogP contribution in [0.3, 0.4) is 0 Å². The maximum Gasteiger partial charge on any atom is 0.314 e. The van der Waals surface area contributed by atoms with E-state index in [1.807, 2.05) is 0 Å². The van der Waals surface area contributed by atoms with Gasteiger partial charge in [-0.05, 0) is 59.1 Å². The fourth-order valence-corrected chi connectivity index (χ4v) is 4.57. The topological polar surface area (TPSA) is 76.6 Å². The molecule has 6 nitrogen and oxygen atoms in total. The molecule has 0 saturated carbocycles. The van der Waals surface area contributed by atoms with Crippen molar-refractivity contribution < 1.29 is 26.7 Å². The first-order valence-electron chi connectivity index (χ1n) is 8.06. The number of carbonyl (C=O) groups excluding carboxylic acids is 1. The Labute approximate surface area is 163 Å². The van der Waals surface area contributed by atoms with Crippen LogP contribution in [-0.4, -0.2) is 36.8 Å². The van der Waals surface area contributed by atoms with Gasteiger partial charge in [-0.3, -0.25) is 4.79 Å². The lowest BCUT2D eigenvalue weighted by atomic mass is 9.98. The minimum atomic E-state index is -3.96. The van der Waals surface area contributed by atoms with Gasteiger partial charge in [-0.15, -0.1) is 0 Å². The number of halogens is 3. The second kappa shape index (κ2) is 7.99. The lowest BCUT2D eigenvalue weighted by Crippen LogP contribution is -2.41. The van der Waals surface area contributed by atoms with Crippen LogP contribution in [0.1, 0.15) is 12.8 Å². The Hall–Kier alpha value is -1.91. The van der Waals surface area contributed by atoms with E-state index in [2.05, 4.69) is 20.9 Å². The van der Waals surface area contributed by atoms with Crippen molar-refractivity contribution in [2.45, 2.75) is 17.7 Å². The molecule has 0 N–H and O–H groups in total. The molecule has 0 atom stereocenters. The van der Waals surface area contributed by atoms with E-state index in [0.29, 0.717) is 16.4 Å². The zero-order valence-corrected chi connectivity index (χ0v) is 16.3. The van der Waals surface area contributed by atoms with Gasteiger partial charge in [-0.1, -0.05) is 0 Å². The Kier molecular flexibility index (Phi) is 5.87. The molecular weight excluding hydrogens is 446 g/mol. The number of rotatable bonds is 4. The number of benzene rings is 1. The van der Waals surface area contributed by atoms with Gasteiger partial charge in [0.15, 0.2) is 17.4 Å². The first-order valence-corrected chi connectivity index (χ1v) is 10.3. The highest BCUT2D eigenvalue weighted by Gasteiger charge is 2.33. The molecule has 1 aliphatic heterocycles. The molecule has 0 aliphatic carbocycles. The number of aromatic nitrogens is 1. The first-order chi connectivity index (χ1) is 12.8. The number of esters is 1. The van der Waals surface area contributed by atoms with E-state index in [9.17, 15) is 22.0 Å². The number of pyridine rings is 1. The summed E-state index contributed by atoms with van der Waals surface area (Å²) in [5, 5.41) is 0. The van der Waals surface area contributed by atoms with Crippen LogP contribution in [0.15, 0.2) is 46.0 Å². The molecule has 0 radical (unpaired) electrons. The van der Waals surface area contributed by atoms with E-state index < -0.39 is 33.5 Å². The van der Waals surface area contributed by atoms with Gasteiger partial charge in [-0.25, -0.2) is 22.2 Å². The average Bonchev–Trinajstić information content (AvgIpc) is 2.65. The third kappa shape index (κ3) is 4.33. The molecule has 2 heterocycles. The van der Waals surface area contributed by atoms with Crippen LogP contribution in [0, 0.1) is 17.6 Å². The van der Waals surface area contributed by atoms with Gasteiger partial charge in [-0.2, -0.15) is 4.31 Å². The molecule has 3 rings (SSSR count). The summed E-state index contributed by atoms with van der Waals surface area (Å²) >= 11 is 3.19. The molecule has 1 aliphatic rings. The van der Waals surface area contributed by atoms with Crippen LogP contribution < -0.4 is 4.74 Å². The van der Waals surface area contributed by atoms with E-state index in [1.54, 1.807) is 18.3 Å². The lowest BCUT2D eigenvalue weighted by molar-refractivity contribution is -0.140. The standard InChI is InChI=1S/C17H15BrF2N2O4S/c18-16-15(2-1-7-21-16)26-17(23)11-5-8-22(9-6-11)27(24,25)12-3-4-13(19)14(20)10-12/h1-4,7,10-11H,5-6,8-9H2. The second-order valence-electron chi connectivity index (χ2n) is 5.97. The van der Waals surface area contributed by atoms with Crippen LogP contribution in [0.5, 0.6) is 5.75 Å². The maximum atomic E-state index is 13.4. The van der Waals surface area contributed by atoms with E-state index in [1.165, 1.54) is 0 Å². The number of carbonyl (C=O) groups is 1.